The Morgan fingerprint density at radius 3 is 2.38 bits per heavy atom. The van der Waals surface area contributed by atoms with Gasteiger partial charge in [-0.25, -0.2) is 4.98 Å². The standard InChI is InChI=1S/C23H30N4O2/c1-13-6-8-17(9-7-13)21-25-22(27-26-21)20(18(12-24)23(28)29-5)19-15(3)10-14(2)11-16(19)4/h6-9,14-16,18-20H,10-11H2,1-5H3,(H,25,26,27). The number of aromatic amines is 1. The average Bonchev–Trinajstić information content (AvgIpc) is 3.16. The number of nitriles is 1. The van der Waals surface area contributed by atoms with Gasteiger partial charge in [0.2, 0.25) is 0 Å². The summed E-state index contributed by atoms with van der Waals surface area (Å²) in [5.74, 6) is 0.885. The molecule has 0 bridgehead atoms. The summed E-state index contributed by atoms with van der Waals surface area (Å²) in [6, 6.07) is 10.2. The van der Waals surface area contributed by atoms with Crippen LogP contribution in [0.4, 0.5) is 0 Å². The molecule has 3 rings (SSSR count). The Hall–Kier alpha value is -2.68. The molecule has 1 aliphatic rings. The molecule has 1 aliphatic carbocycles. The Kier molecular flexibility index (Phi) is 6.36. The predicted octanol–water partition coefficient (Wildman–Crippen LogP) is 4.49. The van der Waals surface area contributed by atoms with Crippen molar-refractivity contribution >= 4 is 5.97 Å². The molecule has 2 aromatic rings. The summed E-state index contributed by atoms with van der Waals surface area (Å²) in [5.41, 5.74) is 2.07. The van der Waals surface area contributed by atoms with E-state index in [9.17, 15) is 10.1 Å². The number of hydrogen-bond acceptors (Lipinski definition) is 5. The quantitative estimate of drug-likeness (QED) is 0.754. The van der Waals surface area contributed by atoms with E-state index in [1.165, 1.54) is 7.11 Å². The van der Waals surface area contributed by atoms with Gasteiger partial charge in [-0.05, 0) is 43.4 Å². The first-order valence-corrected chi connectivity index (χ1v) is 10.3. The highest BCUT2D eigenvalue weighted by molar-refractivity contribution is 5.76. The highest BCUT2D eigenvalue weighted by Crippen LogP contribution is 2.47. The van der Waals surface area contributed by atoms with E-state index in [-0.39, 0.29) is 11.8 Å². The van der Waals surface area contributed by atoms with Crippen LogP contribution in [0.5, 0.6) is 0 Å². The summed E-state index contributed by atoms with van der Waals surface area (Å²) in [7, 11) is 1.33. The van der Waals surface area contributed by atoms with E-state index in [1.54, 1.807) is 0 Å². The first-order valence-electron chi connectivity index (χ1n) is 10.3. The van der Waals surface area contributed by atoms with Gasteiger partial charge in [-0.3, -0.25) is 9.89 Å². The van der Waals surface area contributed by atoms with E-state index < -0.39 is 11.9 Å². The van der Waals surface area contributed by atoms with Crippen molar-refractivity contribution in [3.05, 3.63) is 35.7 Å². The number of nitrogens with zero attached hydrogens (tertiary/aromatic N) is 3. The van der Waals surface area contributed by atoms with Gasteiger partial charge in [0.1, 0.15) is 5.82 Å². The Bertz CT molecular complexity index is 871. The summed E-state index contributed by atoms with van der Waals surface area (Å²) in [4.78, 5) is 17.2. The summed E-state index contributed by atoms with van der Waals surface area (Å²) in [6.45, 7) is 8.73. The molecule has 0 saturated heterocycles. The van der Waals surface area contributed by atoms with Crippen molar-refractivity contribution in [2.24, 2.45) is 29.6 Å². The lowest BCUT2D eigenvalue weighted by atomic mass is 9.62. The maximum absolute atomic E-state index is 12.5. The number of H-pyrrole nitrogens is 1. The summed E-state index contributed by atoms with van der Waals surface area (Å²) >= 11 is 0. The molecule has 29 heavy (non-hydrogen) atoms. The first kappa shape index (κ1) is 21.0. The van der Waals surface area contributed by atoms with Gasteiger partial charge in [0.05, 0.1) is 13.2 Å². The molecular weight excluding hydrogens is 364 g/mol. The maximum Gasteiger partial charge on any atom is 0.323 e. The SMILES string of the molecule is COC(=O)C(C#N)C(c1nc(-c2ccc(C)cc2)n[nH]1)C1C(C)CC(C)CC1C. The zero-order valence-electron chi connectivity index (χ0n) is 17.8. The summed E-state index contributed by atoms with van der Waals surface area (Å²) < 4.78 is 4.97. The number of aryl methyl sites for hydroxylation is 1. The van der Waals surface area contributed by atoms with Crippen molar-refractivity contribution in [2.75, 3.05) is 7.11 Å². The average molecular weight is 395 g/mol. The second-order valence-electron chi connectivity index (χ2n) is 8.67. The number of hydrogen-bond donors (Lipinski definition) is 1. The van der Waals surface area contributed by atoms with Gasteiger partial charge in [-0.15, -0.1) is 0 Å². The molecule has 4 atom stereocenters. The van der Waals surface area contributed by atoms with Crippen LogP contribution in [0.2, 0.25) is 0 Å². The molecule has 6 nitrogen and oxygen atoms in total. The molecular formula is C23H30N4O2. The molecule has 154 valence electrons. The molecule has 4 unspecified atom stereocenters. The lowest BCUT2D eigenvalue weighted by Gasteiger charge is -2.42. The Labute approximate surface area is 172 Å². The number of aromatic nitrogens is 3. The van der Waals surface area contributed by atoms with Crippen LogP contribution in [-0.4, -0.2) is 28.3 Å². The predicted molar refractivity (Wildman–Crippen MR) is 111 cm³/mol. The van der Waals surface area contributed by atoms with Crippen LogP contribution in [-0.2, 0) is 9.53 Å². The van der Waals surface area contributed by atoms with Gasteiger partial charge in [0.15, 0.2) is 11.7 Å². The number of ether oxygens (including phenoxy) is 1. The minimum atomic E-state index is -0.915. The van der Waals surface area contributed by atoms with Crippen LogP contribution < -0.4 is 0 Å². The Morgan fingerprint density at radius 1 is 1.21 bits per heavy atom. The van der Waals surface area contributed by atoms with Crippen molar-refractivity contribution in [3.8, 4) is 17.5 Å². The van der Waals surface area contributed by atoms with E-state index in [4.69, 9.17) is 9.72 Å². The number of rotatable bonds is 5. The lowest BCUT2D eigenvalue weighted by Crippen LogP contribution is -2.39. The fourth-order valence-electron chi connectivity index (χ4n) is 5.17. The Morgan fingerprint density at radius 2 is 1.83 bits per heavy atom. The monoisotopic (exact) mass is 394 g/mol. The topological polar surface area (TPSA) is 91.7 Å². The zero-order chi connectivity index (χ0) is 21.1. The van der Waals surface area contributed by atoms with Gasteiger partial charge in [-0.2, -0.15) is 10.4 Å². The van der Waals surface area contributed by atoms with Crippen LogP contribution >= 0.6 is 0 Å². The molecule has 0 radical (unpaired) electrons. The smallest absolute Gasteiger partial charge is 0.323 e. The van der Waals surface area contributed by atoms with Crippen molar-refractivity contribution in [2.45, 2.75) is 46.5 Å². The van der Waals surface area contributed by atoms with E-state index in [0.717, 1.165) is 24.0 Å². The third kappa shape index (κ3) is 4.34. The van der Waals surface area contributed by atoms with Gasteiger partial charge < -0.3 is 4.74 Å². The molecule has 1 aromatic carbocycles. The Balaban J connectivity index is 2.03. The van der Waals surface area contributed by atoms with Crippen LogP contribution in [0.1, 0.15) is 50.9 Å². The normalized spacial score (nSPS) is 26.3. The van der Waals surface area contributed by atoms with E-state index in [0.29, 0.717) is 29.4 Å². The number of esters is 1. The summed E-state index contributed by atoms with van der Waals surface area (Å²) in [5, 5.41) is 17.3. The highest BCUT2D eigenvalue weighted by Gasteiger charge is 2.45. The zero-order valence-corrected chi connectivity index (χ0v) is 17.8. The number of carbonyl (C=O) groups is 1. The van der Waals surface area contributed by atoms with Gasteiger partial charge in [-0.1, -0.05) is 50.6 Å². The second kappa shape index (κ2) is 8.77. The molecule has 1 heterocycles. The molecule has 1 fully saturated rings. The molecule has 6 heteroatoms. The first-order chi connectivity index (χ1) is 13.8. The number of carbonyl (C=O) groups excluding carboxylic acids is 1. The number of nitrogens with one attached hydrogen (secondary N) is 1. The van der Waals surface area contributed by atoms with Gasteiger partial charge in [0.25, 0.3) is 0 Å². The minimum absolute atomic E-state index is 0.147. The minimum Gasteiger partial charge on any atom is -0.468 e. The molecule has 1 saturated carbocycles. The lowest BCUT2D eigenvalue weighted by molar-refractivity contribution is -0.145. The van der Waals surface area contributed by atoms with E-state index >= 15 is 0 Å². The molecule has 0 spiro atoms. The van der Waals surface area contributed by atoms with Crippen molar-refractivity contribution < 1.29 is 9.53 Å². The van der Waals surface area contributed by atoms with Crippen molar-refractivity contribution in [3.63, 3.8) is 0 Å². The number of benzene rings is 1. The van der Waals surface area contributed by atoms with Gasteiger partial charge in [0, 0.05) is 11.5 Å². The highest BCUT2D eigenvalue weighted by atomic mass is 16.5. The van der Waals surface area contributed by atoms with E-state index in [2.05, 4.69) is 37.0 Å². The third-order valence-corrected chi connectivity index (χ3v) is 6.36. The summed E-state index contributed by atoms with van der Waals surface area (Å²) in [6.07, 6.45) is 2.15. The van der Waals surface area contributed by atoms with Crippen LogP contribution in [0, 0.1) is 47.8 Å². The molecule has 1 N–H and O–H groups in total. The van der Waals surface area contributed by atoms with E-state index in [1.807, 2.05) is 31.2 Å². The molecule has 1 aromatic heterocycles. The fourth-order valence-corrected chi connectivity index (χ4v) is 5.17. The third-order valence-electron chi connectivity index (χ3n) is 6.36. The van der Waals surface area contributed by atoms with Crippen LogP contribution in [0.15, 0.2) is 24.3 Å². The largest absolute Gasteiger partial charge is 0.468 e. The van der Waals surface area contributed by atoms with Gasteiger partial charge >= 0.3 is 5.97 Å². The number of methoxy groups -OCH3 is 1. The van der Waals surface area contributed by atoms with Crippen LogP contribution in [0.25, 0.3) is 11.4 Å². The second-order valence-corrected chi connectivity index (χ2v) is 8.67. The van der Waals surface area contributed by atoms with Crippen LogP contribution in [0.3, 0.4) is 0 Å². The van der Waals surface area contributed by atoms with Crippen molar-refractivity contribution in [1.29, 1.82) is 5.26 Å². The molecule has 0 aliphatic heterocycles. The van der Waals surface area contributed by atoms with Crippen molar-refractivity contribution in [1.82, 2.24) is 15.2 Å². The molecule has 0 amide bonds. The maximum atomic E-state index is 12.5. The fraction of sp³-hybridized carbons (Fsp3) is 0.565.